The van der Waals surface area contributed by atoms with Gasteiger partial charge in [-0.05, 0) is 41.6 Å². The van der Waals surface area contributed by atoms with Crippen LogP contribution in [0.2, 0.25) is 0 Å². The molecule has 144 valence electrons. The standard InChI is InChI=1S/C21H21N3O3S/c25-14-18(12-15-6-2-1-3-7-15)24-21(27)23-17-9-4-8-16(13-17)22-20(26)19-10-5-11-28-19/h1-11,13,18,25H,12,14H2,(H,22,26)(H2,23,24,27). The van der Waals surface area contributed by atoms with E-state index in [0.717, 1.165) is 5.56 Å². The van der Waals surface area contributed by atoms with Gasteiger partial charge in [-0.3, -0.25) is 4.79 Å². The number of rotatable bonds is 7. The van der Waals surface area contributed by atoms with E-state index in [0.29, 0.717) is 22.7 Å². The monoisotopic (exact) mass is 395 g/mol. The van der Waals surface area contributed by atoms with E-state index in [-0.39, 0.29) is 12.5 Å². The molecule has 3 rings (SSSR count). The van der Waals surface area contributed by atoms with Gasteiger partial charge in [-0.1, -0.05) is 42.5 Å². The van der Waals surface area contributed by atoms with Gasteiger partial charge in [0, 0.05) is 11.4 Å². The number of aliphatic hydroxyl groups excluding tert-OH is 1. The van der Waals surface area contributed by atoms with Crippen molar-refractivity contribution < 1.29 is 14.7 Å². The van der Waals surface area contributed by atoms with Gasteiger partial charge in [-0.25, -0.2) is 4.79 Å². The SMILES string of the molecule is O=C(Nc1cccc(NC(=O)c2cccs2)c1)NC(CO)Cc1ccccc1. The summed E-state index contributed by atoms with van der Waals surface area (Å²) < 4.78 is 0. The van der Waals surface area contributed by atoms with E-state index in [1.54, 1.807) is 30.3 Å². The van der Waals surface area contributed by atoms with Crippen molar-refractivity contribution in [3.63, 3.8) is 0 Å². The highest BCUT2D eigenvalue weighted by molar-refractivity contribution is 7.12. The van der Waals surface area contributed by atoms with Crippen LogP contribution >= 0.6 is 11.3 Å². The Bertz CT molecular complexity index is 914. The van der Waals surface area contributed by atoms with Crippen LogP contribution in [0.15, 0.2) is 72.1 Å². The highest BCUT2D eigenvalue weighted by atomic mass is 32.1. The highest BCUT2D eigenvalue weighted by Gasteiger charge is 2.13. The highest BCUT2D eigenvalue weighted by Crippen LogP contribution is 2.17. The predicted octanol–water partition coefficient (Wildman–Crippen LogP) is 3.73. The van der Waals surface area contributed by atoms with Crippen LogP contribution in [0.5, 0.6) is 0 Å². The number of aliphatic hydroxyl groups is 1. The first-order valence-corrected chi connectivity index (χ1v) is 9.69. The fraction of sp³-hybridized carbons (Fsp3) is 0.143. The first kappa shape index (κ1) is 19.6. The van der Waals surface area contributed by atoms with Crippen LogP contribution < -0.4 is 16.0 Å². The van der Waals surface area contributed by atoms with Crippen molar-refractivity contribution in [3.8, 4) is 0 Å². The van der Waals surface area contributed by atoms with Crippen LogP contribution in [0.1, 0.15) is 15.2 Å². The maximum absolute atomic E-state index is 12.3. The lowest BCUT2D eigenvalue weighted by molar-refractivity contribution is 0.103. The van der Waals surface area contributed by atoms with Crippen molar-refractivity contribution in [2.45, 2.75) is 12.5 Å². The van der Waals surface area contributed by atoms with Gasteiger partial charge >= 0.3 is 6.03 Å². The summed E-state index contributed by atoms with van der Waals surface area (Å²) in [7, 11) is 0. The van der Waals surface area contributed by atoms with E-state index in [2.05, 4.69) is 16.0 Å². The quantitative estimate of drug-likeness (QED) is 0.491. The molecule has 0 spiro atoms. The smallest absolute Gasteiger partial charge is 0.319 e. The number of amides is 3. The molecule has 0 saturated carbocycles. The molecule has 1 heterocycles. The van der Waals surface area contributed by atoms with Gasteiger partial charge in [0.25, 0.3) is 5.91 Å². The van der Waals surface area contributed by atoms with Crippen LogP contribution in [0.4, 0.5) is 16.2 Å². The molecule has 4 N–H and O–H groups in total. The molecule has 7 heteroatoms. The molecule has 0 aliphatic heterocycles. The van der Waals surface area contributed by atoms with E-state index in [4.69, 9.17) is 0 Å². The molecule has 3 aromatic rings. The van der Waals surface area contributed by atoms with Crippen LogP contribution in [-0.4, -0.2) is 29.7 Å². The predicted molar refractivity (Wildman–Crippen MR) is 112 cm³/mol. The van der Waals surface area contributed by atoms with E-state index < -0.39 is 12.1 Å². The maximum Gasteiger partial charge on any atom is 0.319 e. The second-order valence-corrected chi connectivity index (χ2v) is 7.13. The maximum atomic E-state index is 12.3. The molecular formula is C21H21N3O3S. The summed E-state index contributed by atoms with van der Waals surface area (Å²) in [6.07, 6.45) is 0.529. The number of benzene rings is 2. The summed E-state index contributed by atoms with van der Waals surface area (Å²) in [4.78, 5) is 25.0. The normalized spacial score (nSPS) is 11.5. The van der Waals surface area contributed by atoms with Gasteiger partial charge in [0.1, 0.15) is 0 Å². The Morgan fingerprint density at radius 3 is 2.36 bits per heavy atom. The summed E-state index contributed by atoms with van der Waals surface area (Å²) in [5.41, 5.74) is 2.15. The van der Waals surface area contributed by atoms with Crippen molar-refractivity contribution in [2.75, 3.05) is 17.2 Å². The first-order chi connectivity index (χ1) is 13.6. The zero-order chi connectivity index (χ0) is 19.8. The minimum absolute atomic E-state index is 0.167. The van der Waals surface area contributed by atoms with Crippen molar-refractivity contribution in [1.82, 2.24) is 5.32 Å². The molecule has 0 aliphatic carbocycles. The second-order valence-electron chi connectivity index (χ2n) is 6.18. The lowest BCUT2D eigenvalue weighted by Gasteiger charge is -2.17. The number of carbonyl (C=O) groups is 2. The topological polar surface area (TPSA) is 90.5 Å². The van der Waals surface area contributed by atoms with Crippen molar-refractivity contribution in [3.05, 3.63) is 82.6 Å². The van der Waals surface area contributed by atoms with E-state index >= 15 is 0 Å². The third-order valence-corrected chi connectivity index (χ3v) is 4.87. The lowest BCUT2D eigenvalue weighted by atomic mass is 10.1. The number of carbonyl (C=O) groups excluding carboxylic acids is 2. The minimum atomic E-state index is -0.420. The molecule has 0 radical (unpaired) electrons. The molecule has 1 unspecified atom stereocenters. The third kappa shape index (κ3) is 5.67. The molecule has 6 nitrogen and oxygen atoms in total. The molecule has 0 saturated heterocycles. The molecule has 3 amide bonds. The molecule has 28 heavy (non-hydrogen) atoms. The Balaban J connectivity index is 1.56. The number of hydrogen-bond donors (Lipinski definition) is 4. The van der Waals surface area contributed by atoms with Crippen LogP contribution in [-0.2, 0) is 6.42 Å². The summed E-state index contributed by atoms with van der Waals surface area (Å²) in [6, 6.07) is 19.3. The summed E-state index contributed by atoms with van der Waals surface area (Å²) in [5, 5.41) is 19.7. The number of urea groups is 1. The average Bonchev–Trinajstić information content (AvgIpc) is 3.23. The number of anilines is 2. The van der Waals surface area contributed by atoms with E-state index in [9.17, 15) is 14.7 Å². The Kier molecular flexibility index (Phi) is 6.78. The fourth-order valence-corrected chi connectivity index (χ4v) is 3.31. The largest absolute Gasteiger partial charge is 0.394 e. The number of hydrogen-bond acceptors (Lipinski definition) is 4. The van der Waals surface area contributed by atoms with Gasteiger partial charge in [-0.2, -0.15) is 0 Å². The molecular weight excluding hydrogens is 374 g/mol. The lowest BCUT2D eigenvalue weighted by Crippen LogP contribution is -2.41. The molecule has 1 atom stereocenters. The van der Waals surface area contributed by atoms with Gasteiger partial charge < -0.3 is 21.1 Å². The van der Waals surface area contributed by atoms with Gasteiger partial charge in [0.2, 0.25) is 0 Å². The minimum Gasteiger partial charge on any atom is -0.394 e. The van der Waals surface area contributed by atoms with E-state index in [1.807, 2.05) is 41.8 Å². The van der Waals surface area contributed by atoms with Gasteiger partial charge in [0.15, 0.2) is 0 Å². The Hall–Kier alpha value is -3.16. The Morgan fingerprint density at radius 1 is 0.929 bits per heavy atom. The molecule has 0 aliphatic rings. The van der Waals surface area contributed by atoms with Crippen molar-refractivity contribution >= 4 is 34.6 Å². The van der Waals surface area contributed by atoms with Crippen LogP contribution in [0.3, 0.4) is 0 Å². The summed E-state index contributed by atoms with van der Waals surface area (Å²) in [5.74, 6) is -0.195. The zero-order valence-corrected chi connectivity index (χ0v) is 15.9. The van der Waals surface area contributed by atoms with Crippen LogP contribution in [0.25, 0.3) is 0 Å². The number of nitrogens with one attached hydrogen (secondary N) is 3. The summed E-state index contributed by atoms with van der Waals surface area (Å²) >= 11 is 1.36. The fourth-order valence-electron chi connectivity index (χ4n) is 2.69. The van der Waals surface area contributed by atoms with Gasteiger partial charge in [0.05, 0.1) is 17.5 Å². The molecule has 0 bridgehead atoms. The second kappa shape index (κ2) is 9.68. The zero-order valence-electron chi connectivity index (χ0n) is 15.1. The Morgan fingerprint density at radius 2 is 1.68 bits per heavy atom. The summed E-state index contributed by atoms with van der Waals surface area (Å²) in [6.45, 7) is -0.167. The molecule has 0 fully saturated rings. The molecule has 2 aromatic carbocycles. The Labute approximate surface area is 167 Å². The van der Waals surface area contributed by atoms with Crippen molar-refractivity contribution in [1.29, 1.82) is 0 Å². The van der Waals surface area contributed by atoms with Crippen LogP contribution in [0, 0.1) is 0 Å². The number of thiophene rings is 1. The third-order valence-electron chi connectivity index (χ3n) is 4.00. The van der Waals surface area contributed by atoms with Crippen molar-refractivity contribution in [2.24, 2.45) is 0 Å². The van der Waals surface area contributed by atoms with Gasteiger partial charge in [-0.15, -0.1) is 11.3 Å². The molecule has 1 aromatic heterocycles. The first-order valence-electron chi connectivity index (χ1n) is 8.81. The van der Waals surface area contributed by atoms with E-state index in [1.165, 1.54) is 11.3 Å². The average molecular weight is 395 g/mol.